The maximum atomic E-state index is 6.21. The second-order valence-corrected chi connectivity index (χ2v) is 4.79. The molecule has 1 aromatic carbocycles. The fourth-order valence-electron chi connectivity index (χ4n) is 1.92. The number of hydrogen-bond donors (Lipinski definition) is 1. The van der Waals surface area contributed by atoms with Crippen molar-refractivity contribution in [2.24, 2.45) is 0 Å². The molecular formula is C13H14Cl2N2. The van der Waals surface area contributed by atoms with Crippen molar-refractivity contribution in [2.45, 2.75) is 19.8 Å². The van der Waals surface area contributed by atoms with Gasteiger partial charge in [0.05, 0.1) is 10.5 Å². The van der Waals surface area contributed by atoms with Crippen molar-refractivity contribution in [3.8, 4) is 0 Å². The van der Waals surface area contributed by atoms with Crippen molar-refractivity contribution < 1.29 is 0 Å². The summed E-state index contributed by atoms with van der Waals surface area (Å²) in [6, 6.07) is 5.64. The Morgan fingerprint density at radius 2 is 2.00 bits per heavy atom. The minimum Gasteiger partial charge on any atom is -0.387 e. The fourth-order valence-corrected chi connectivity index (χ4v) is 2.51. The van der Waals surface area contributed by atoms with Crippen LogP contribution >= 0.6 is 23.2 Å². The Kier molecular flexibility index (Phi) is 3.75. The van der Waals surface area contributed by atoms with Crippen molar-refractivity contribution in [3.63, 3.8) is 0 Å². The van der Waals surface area contributed by atoms with E-state index in [-0.39, 0.29) is 0 Å². The fraction of sp³-hybridized carbons (Fsp3) is 0.308. The molecule has 0 fully saturated rings. The van der Waals surface area contributed by atoms with Crippen LogP contribution in [0.4, 0.5) is 5.69 Å². The zero-order valence-electron chi connectivity index (χ0n) is 9.85. The summed E-state index contributed by atoms with van der Waals surface area (Å²) in [5.41, 5.74) is 2.90. The first-order valence-electron chi connectivity index (χ1n) is 5.62. The Morgan fingerprint density at radius 1 is 1.24 bits per heavy atom. The van der Waals surface area contributed by atoms with E-state index in [1.807, 2.05) is 19.2 Å². The molecule has 0 unspecified atom stereocenters. The van der Waals surface area contributed by atoms with E-state index in [0.29, 0.717) is 10.0 Å². The average molecular weight is 269 g/mol. The summed E-state index contributed by atoms with van der Waals surface area (Å²) in [6.45, 7) is 2.13. The van der Waals surface area contributed by atoms with Gasteiger partial charge in [-0.25, -0.2) is 0 Å². The van der Waals surface area contributed by atoms with E-state index in [0.717, 1.165) is 35.1 Å². The molecule has 1 N–H and O–H groups in total. The largest absolute Gasteiger partial charge is 0.387 e. The number of aromatic nitrogens is 1. The number of aryl methyl sites for hydroxylation is 1. The van der Waals surface area contributed by atoms with Gasteiger partial charge in [-0.3, -0.25) is 4.98 Å². The van der Waals surface area contributed by atoms with Gasteiger partial charge in [0.2, 0.25) is 0 Å². The molecule has 90 valence electrons. The van der Waals surface area contributed by atoms with Crippen LogP contribution in [-0.4, -0.2) is 12.0 Å². The van der Waals surface area contributed by atoms with Crippen LogP contribution in [0.3, 0.4) is 0 Å². The SMILES string of the molecule is CCCc1cc(NC)c2c(Cl)cc(Cl)cc2n1. The van der Waals surface area contributed by atoms with Gasteiger partial charge in [-0.2, -0.15) is 0 Å². The van der Waals surface area contributed by atoms with Gasteiger partial charge in [-0.05, 0) is 24.6 Å². The molecule has 0 aliphatic heterocycles. The van der Waals surface area contributed by atoms with Crippen molar-refractivity contribution in [2.75, 3.05) is 12.4 Å². The van der Waals surface area contributed by atoms with Crippen LogP contribution in [0.2, 0.25) is 10.0 Å². The molecule has 2 rings (SSSR count). The molecule has 2 nitrogen and oxygen atoms in total. The van der Waals surface area contributed by atoms with Crippen molar-refractivity contribution in [3.05, 3.63) is 33.9 Å². The Hall–Kier alpha value is -0.990. The van der Waals surface area contributed by atoms with E-state index >= 15 is 0 Å². The van der Waals surface area contributed by atoms with Crippen LogP contribution in [0.25, 0.3) is 10.9 Å². The van der Waals surface area contributed by atoms with Crippen LogP contribution in [0.15, 0.2) is 18.2 Å². The number of hydrogen-bond acceptors (Lipinski definition) is 2. The highest BCUT2D eigenvalue weighted by atomic mass is 35.5. The first kappa shape index (κ1) is 12.5. The van der Waals surface area contributed by atoms with Gasteiger partial charge in [0.1, 0.15) is 0 Å². The maximum Gasteiger partial charge on any atom is 0.0755 e. The third-order valence-corrected chi connectivity index (χ3v) is 3.17. The third kappa shape index (κ3) is 2.48. The molecule has 1 aromatic heterocycles. The number of fused-ring (bicyclic) bond motifs is 1. The predicted molar refractivity (Wildman–Crippen MR) is 75.3 cm³/mol. The van der Waals surface area contributed by atoms with Gasteiger partial charge in [0.15, 0.2) is 0 Å². The van der Waals surface area contributed by atoms with E-state index in [1.165, 1.54) is 0 Å². The summed E-state index contributed by atoms with van der Waals surface area (Å²) in [5, 5.41) is 5.34. The molecule has 17 heavy (non-hydrogen) atoms. The standard InChI is InChI=1S/C13H14Cl2N2/c1-3-4-9-7-11(16-2)13-10(15)5-8(14)6-12(13)17-9/h5-7H,3-4H2,1-2H3,(H,16,17). The second-order valence-electron chi connectivity index (χ2n) is 3.94. The average Bonchev–Trinajstić information content (AvgIpc) is 2.27. The Bertz CT molecular complexity index is 553. The minimum atomic E-state index is 0.616. The Balaban J connectivity index is 2.73. The quantitative estimate of drug-likeness (QED) is 0.885. The molecule has 0 saturated carbocycles. The Labute approximate surface area is 111 Å². The summed E-state index contributed by atoms with van der Waals surface area (Å²) in [7, 11) is 1.88. The van der Waals surface area contributed by atoms with Crippen molar-refractivity contribution in [1.29, 1.82) is 0 Å². The van der Waals surface area contributed by atoms with Gasteiger partial charge >= 0.3 is 0 Å². The molecule has 0 spiro atoms. The smallest absolute Gasteiger partial charge is 0.0755 e. The Morgan fingerprint density at radius 3 is 2.65 bits per heavy atom. The van der Waals surface area contributed by atoms with Crippen LogP contribution in [0, 0.1) is 0 Å². The summed E-state index contributed by atoms with van der Waals surface area (Å²) in [5.74, 6) is 0. The lowest BCUT2D eigenvalue weighted by Gasteiger charge is -2.10. The first-order chi connectivity index (χ1) is 8.15. The first-order valence-corrected chi connectivity index (χ1v) is 6.37. The van der Waals surface area contributed by atoms with Gasteiger partial charge in [-0.15, -0.1) is 0 Å². The van der Waals surface area contributed by atoms with Crippen molar-refractivity contribution in [1.82, 2.24) is 4.98 Å². The monoisotopic (exact) mass is 268 g/mol. The number of nitrogens with one attached hydrogen (secondary N) is 1. The van der Waals surface area contributed by atoms with Gasteiger partial charge in [-0.1, -0.05) is 36.5 Å². The zero-order chi connectivity index (χ0) is 12.4. The van der Waals surface area contributed by atoms with Crippen LogP contribution in [0.1, 0.15) is 19.0 Å². The molecule has 0 saturated heterocycles. The lowest BCUT2D eigenvalue weighted by Crippen LogP contribution is -1.97. The van der Waals surface area contributed by atoms with Crippen LogP contribution < -0.4 is 5.32 Å². The number of pyridine rings is 1. The molecule has 2 aromatic rings. The van der Waals surface area contributed by atoms with Gasteiger partial charge in [0, 0.05) is 28.8 Å². The third-order valence-electron chi connectivity index (χ3n) is 2.65. The molecule has 0 bridgehead atoms. The predicted octanol–water partition coefficient (Wildman–Crippen LogP) is 4.54. The van der Waals surface area contributed by atoms with Crippen LogP contribution in [-0.2, 0) is 6.42 Å². The number of anilines is 1. The highest BCUT2D eigenvalue weighted by molar-refractivity contribution is 6.39. The van der Waals surface area contributed by atoms with E-state index in [4.69, 9.17) is 23.2 Å². The maximum absolute atomic E-state index is 6.21. The van der Waals surface area contributed by atoms with Gasteiger partial charge in [0.25, 0.3) is 0 Å². The van der Waals surface area contributed by atoms with E-state index in [1.54, 1.807) is 6.07 Å². The molecular weight excluding hydrogens is 255 g/mol. The van der Waals surface area contributed by atoms with Gasteiger partial charge < -0.3 is 5.32 Å². The highest BCUT2D eigenvalue weighted by Gasteiger charge is 2.09. The summed E-state index contributed by atoms with van der Waals surface area (Å²) in [4.78, 5) is 4.59. The lowest BCUT2D eigenvalue weighted by molar-refractivity contribution is 0.890. The van der Waals surface area contributed by atoms with Crippen molar-refractivity contribution >= 4 is 39.8 Å². The topological polar surface area (TPSA) is 24.9 Å². The van der Waals surface area contributed by atoms with E-state index < -0.39 is 0 Å². The summed E-state index contributed by atoms with van der Waals surface area (Å²) < 4.78 is 0. The molecule has 0 aliphatic carbocycles. The highest BCUT2D eigenvalue weighted by Crippen LogP contribution is 2.33. The van der Waals surface area contributed by atoms with Crippen LogP contribution in [0.5, 0.6) is 0 Å². The molecule has 0 atom stereocenters. The molecule has 0 amide bonds. The minimum absolute atomic E-state index is 0.616. The number of benzene rings is 1. The normalized spacial score (nSPS) is 10.8. The van der Waals surface area contributed by atoms with E-state index in [2.05, 4.69) is 17.2 Å². The summed E-state index contributed by atoms with van der Waals surface area (Å²) >= 11 is 12.2. The zero-order valence-corrected chi connectivity index (χ0v) is 11.4. The molecule has 1 heterocycles. The number of nitrogens with zero attached hydrogens (tertiary/aromatic N) is 1. The number of halogens is 2. The second kappa shape index (κ2) is 5.11. The molecule has 0 aliphatic rings. The number of rotatable bonds is 3. The summed E-state index contributed by atoms with van der Waals surface area (Å²) in [6.07, 6.45) is 2.02. The molecule has 4 heteroatoms. The lowest BCUT2D eigenvalue weighted by atomic mass is 10.1. The van der Waals surface area contributed by atoms with E-state index in [9.17, 15) is 0 Å². The molecule has 0 radical (unpaired) electrons.